The zero-order valence-corrected chi connectivity index (χ0v) is 57.2. The van der Waals surface area contributed by atoms with Crippen molar-refractivity contribution in [2.24, 2.45) is 0 Å². The second-order valence-electron chi connectivity index (χ2n) is 26.7. The summed E-state index contributed by atoms with van der Waals surface area (Å²) < 4.78 is 5.48. The molecule has 0 aliphatic carbocycles. The zero-order valence-electron chi connectivity index (χ0n) is 57.2. The first-order chi connectivity index (χ1) is 41.5. The Balaban J connectivity index is 3.30. The summed E-state index contributed by atoms with van der Waals surface area (Å²) in [5.74, 6) is -0.0442. The van der Waals surface area contributed by atoms with Crippen LogP contribution in [0.3, 0.4) is 0 Å². The van der Waals surface area contributed by atoms with Crippen LogP contribution in [0.1, 0.15) is 438 Å². The van der Waals surface area contributed by atoms with Crippen LogP contribution in [0, 0.1) is 0 Å². The van der Waals surface area contributed by atoms with E-state index in [0.29, 0.717) is 19.4 Å². The number of ether oxygens (including phenoxy) is 1. The summed E-state index contributed by atoms with van der Waals surface area (Å²) in [5, 5.41) is 23.2. The molecule has 0 rings (SSSR count). The normalized spacial score (nSPS) is 12.6. The molecular weight excluding hydrogens is 1030 g/mol. The van der Waals surface area contributed by atoms with Crippen LogP contribution < -0.4 is 5.32 Å². The molecule has 0 radical (unpaired) electrons. The standard InChI is InChI=1S/C78H151NO5/c1-3-5-7-9-11-13-15-17-18-44-47-50-54-58-62-66-70-76(81)75(74-80)79-77(82)71-67-63-59-55-51-48-45-42-40-38-36-34-32-30-28-26-24-22-20-19-21-23-25-27-29-31-33-35-37-39-41-43-46-49-53-57-61-65-69-73-84-78(83)72-68-64-60-56-52-16-14-12-10-8-6-4-2/h12,14,66,70,75-76,80-81H,3-11,13,15-65,67-69,71-74H2,1-2H3,(H,79,82)/b14-12-,70-66+. The van der Waals surface area contributed by atoms with Crippen molar-refractivity contribution in [3.05, 3.63) is 24.3 Å². The van der Waals surface area contributed by atoms with Crippen LogP contribution in [0.2, 0.25) is 0 Å². The molecule has 6 heteroatoms. The van der Waals surface area contributed by atoms with Crippen molar-refractivity contribution < 1.29 is 24.5 Å². The van der Waals surface area contributed by atoms with Crippen molar-refractivity contribution in [2.45, 2.75) is 450 Å². The van der Waals surface area contributed by atoms with E-state index in [0.717, 1.165) is 44.9 Å². The van der Waals surface area contributed by atoms with Crippen LogP contribution in [0.25, 0.3) is 0 Å². The van der Waals surface area contributed by atoms with Crippen LogP contribution in [0.4, 0.5) is 0 Å². The molecule has 0 aliphatic rings. The molecule has 0 fully saturated rings. The third kappa shape index (κ3) is 69.4. The number of aliphatic hydroxyl groups excluding tert-OH is 2. The lowest BCUT2D eigenvalue weighted by molar-refractivity contribution is -0.143. The molecule has 0 bridgehead atoms. The third-order valence-corrected chi connectivity index (χ3v) is 18.2. The molecule has 0 aromatic carbocycles. The molecular formula is C78H151NO5. The average molecular weight is 1180 g/mol. The lowest BCUT2D eigenvalue weighted by Gasteiger charge is -2.20. The minimum atomic E-state index is -0.840. The van der Waals surface area contributed by atoms with Gasteiger partial charge >= 0.3 is 5.97 Å². The highest BCUT2D eigenvalue weighted by atomic mass is 16.5. The van der Waals surface area contributed by atoms with Gasteiger partial charge in [-0.15, -0.1) is 0 Å². The second kappa shape index (κ2) is 73.8. The first kappa shape index (κ1) is 82.3. The minimum Gasteiger partial charge on any atom is -0.466 e. The molecule has 0 saturated heterocycles. The summed E-state index contributed by atoms with van der Waals surface area (Å²) in [5.41, 5.74) is 0. The Hall–Kier alpha value is -1.66. The Morgan fingerprint density at radius 3 is 0.869 bits per heavy atom. The molecule has 0 aliphatic heterocycles. The molecule has 498 valence electrons. The van der Waals surface area contributed by atoms with Gasteiger partial charge in [0.2, 0.25) is 5.91 Å². The summed E-state index contributed by atoms with van der Waals surface area (Å²) in [6, 6.07) is -0.623. The largest absolute Gasteiger partial charge is 0.466 e. The topological polar surface area (TPSA) is 95.9 Å². The van der Waals surface area contributed by atoms with Crippen molar-refractivity contribution in [2.75, 3.05) is 13.2 Å². The van der Waals surface area contributed by atoms with Gasteiger partial charge in [0.15, 0.2) is 0 Å². The maximum atomic E-state index is 12.5. The molecule has 2 unspecified atom stereocenters. The van der Waals surface area contributed by atoms with Gasteiger partial charge in [-0.05, 0) is 57.8 Å². The van der Waals surface area contributed by atoms with Crippen LogP contribution in [-0.2, 0) is 14.3 Å². The summed E-state index contributed by atoms with van der Waals surface area (Å²) in [6.45, 7) is 4.92. The summed E-state index contributed by atoms with van der Waals surface area (Å²) in [7, 11) is 0. The monoisotopic (exact) mass is 1180 g/mol. The number of carbonyl (C=O) groups excluding carboxylic acids is 2. The van der Waals surface area contributed by atoms with Gasteiger partial charge in [0, 0.05) is 12.8 Å². The van der Waals surface area contributed by atoms with E-state index in [-0.39, 0.29) is 18.5 Å². The van der Waals surface area contributed by atoms with Gasteiger partial charge in [-0.2, -0.15) is 0 Å². The summed E-state index contributed by atoms with van der Waals surface area (Å²) >= 11 is 0. The Morgan fingerprint density at radius 2 is 0.560 bits per heavy atom. The van der Waals surface area contributed by atoms with Gasteiger partial charge < -0.3 is 20.3 Å². The van der Waals surface area contributed by atoms with Crippen molar-refractivity contribution in [3.8, 4) is 0 Å². The molecule has 84 heavy (non-hydrogen) atoms. The number of hydrogen-bond donors (Lipinski definition) is 3. The fourth-order valence-electron chi connectivity index (χ4n) is 12.3. The molecule has 0 saturated carbocycles. The minimum absolute atomic E-state index is 0.0143. The first-order valence-electron chi connectivity index (χ1n) is 38.6. The Labute approximate surface area is 526 Å². The van der Waals surface area contributed by atoms with E-state index in [4.69, 9.17) is 4.74 Å². The molecule has 3 N–H and O–H groups in total. The lowest BCUT2D eigenvalue weighted by Crippen LogP contribution is -2.45. The van der Waals surface area contributed by atoms with E-state index < -0.39 is 12.1 Å². The van der Waals surface area contributed by atoms with Crippen LogP contribution >= 0.6 is 0 Å². The smallest absolute Gasteiger partial charge is 0.305 e. The van der Waals surface area contributed by atoms with E-state index in [1.54, 1.807) is 6.08 Å². The van der Waals surface area contributed by atoms with Crippen molar-refractivity contribution in [3.63, 3.8) is 0 Å². The lowest BCUT2D eigenvalue weighted by atomic mass is 10.0. The molecule has 1 amide bonds. The van der Waals surface area contributed by atoms with Gasteiger partial charge in [0.25, 0.3) is 0 Å². The van der Waals surface area contributed by atoms with Crippen LogP contribution in [0.15, 0.2) is 24.3 Å². The Morgan fingerprint density at radius 1 is 0.321 bits per heavy atom. The van der Waals surface area contributed by atoms with Gasteiger partial charge in [0.05, 0.1) is 25.4 Å². The van der Waals surface area contributed by atoms with Gasteiger partial charge in [-0.25, -0.2) is 0 Å². The van der Waals surface area contributed by atoms with Crippen molar-refractivity contribution in [1.82, 2.24) is 5.32 Å². The third-order valence-electron chi connectivity index (χ3n) is 18.2. The van der Waals surface area contributed by atoms with Crippen molar-refractivity contribution >= 4 is 11.9 Å². The predicted octanol–water partition coefficient (Wildman–Crippen LogP) is 25.3. The summed E-state index contributed by atoms with van der Waals surface area (Å²) in [4.78, 5) is 24.5. The quantitative estimate of drug-likeness (QED) is 0.0320. The fourth-order valence-corrected chi connectivity index (χ4v) is 12.3. The van der Waals surface area contributed by atoms with Gasteiger partial charge in [-0.1, -0.05) is 391 Å². The number of esters is 1. The van der Waals surface area contributed by atoms with Gasteiger partial charge in [0.1, 0.15) is 0 Å². The molecule has 6 nitrogen and oxygen atoms in total. The molecule has 0 aromatic rings. The van der Waals surface area contributed by atoms with Crippen molar-refractivity contribution in [1.29, 1.82) is 0 Å². The fraction of sp³-hybridized carbons (Fsp3) is 0.923. The van der Waals surface area contributed by atoms with E-state index in [1.807, 2.05) is 6.08 Å². The number of rotatable bonds is 73. The average Bonchev–Trinajstić information content (AvgIpc) is 3.50. The van der Waals surface area contributed by atoms with E-state index in [9.17, 15) is 19.8 Å². The van der Waals surface area contributed by atoms with Crippen LogP contribution in [0.5, 0.6) is 0 Å². The molecule has 2 atom stereocenters. The molecule has 0 spiro atoms. The predicted molar refractivity (Wildman–Crippen MR) is 370 cm³/mol. The number of allylic oxidation sites excluding steroid dienone is 3. The summed E-state index contributed by atoms with van der Waals surface area (Å²) in [6.07, 6.45) is 94.5. The van der Waals surface area contributed by atoms with E-state index >= 15 is 0 Å². The second-order valence-corrected chi connectivity index (χ2v) is 26.7. The van der Waals surface area contributed by atoms with E-state index in [2.05, 4.69) is 31.3 Å². The molecule has 0 heterocycles. The highest BCUT2D eigenvalue weighted by molar-refractivity contribution is 5.76. The Bertz CT molecular complexity index is 1320. The number of carbonyl (C=O) groups is 2. The van der Waals surface area contributed by atoms with Crippen LogP contribution in [-0.4, -0.2) is 47.4 Å². The number of unbranched alkanes of at least 4 members (excludes halogenated alkanes) is 60. The maximum absolute atomic E-state index is 12.5. The Kier molecular flexibility index (Phi) is 72.3. The first-order valence-corrected chi connectivity index (χ1v) is 38.6. The highest BCUT2D eigenvalue weighted by Gasteiger charge is 2.18. The molecule has 0 aromatic heterocycles. The number of amides is 1. The number of hydrogen-bond acceptors (Lipinski definition) is 5. The highest BCUT2D eigenvalue weighted by Crippen LogP contribution is 2.20. The maximum Gasteiger partial charge on any atom is 0.305 e. The number of nitrogens with one attached hydrogen (secondary N) is 1. The zero-order chi connectivity index (χ0) is 60.6. The number of aliphatic hydroxyl groups is 2. The van der Waals surface area contributed by atoms with Gasteiger partial charge in [-0.3, -0.25) is 9.59 Å². The SMILES string of the molecule is CCCCC/C=C\CCCCCCCC(=O)OCCCCCCCCCCCCCCCCCCCCCCCCCCCCCCCCCCCCCCCCCC(=O)NC(CO)C(O)/C=C/CCCCCCCCCCCCCCCC. The van der Waals surface area contributed by atoms with E-state index in [1.165, 1.54) is 366 Å².